The van der Waals surface area contributed by atoms with Gasteiger partial charge >= 0.3 is 0 Å². The molecule has 1 aromatic heterocycles. The van der Waals surface area contributed by atoms with Crippen molar-refractivity contribution in [2.75, 3.05) is 39.1 Å². The fourth-order valence-corrected chi connectivity index (χ4v) is 1.80. The average Bonchev–Trinajstić information content (AvgIpc) is 2.18. The Balaban J connectivity index is 2.78. The Hall–Kier alpha value is -0.630. The first-order valence-electron chi connectivity index (χ1n) is 4.61. The second-order valence-corrected chi connectivity index (χ2v) is 4.67. The Morgan fingerprint density at radius 1 is 1.40 bits per heavy atom. The number of likely N-dealkylation sites (N-methyl/N-ethyl adjacent to an activating group) is 2. The second-order valence-electron chi connectivity index (χ2n) is 3.59. The van der Waals surface area contributed by atoms with Gasteiger partial charge in [-0.3, -0.25) is 4.79 Å². The third kappa shape index (κ3) is 3.45. The van der Waals surface area contributed by atoms with E-state index >= 15 is 0 Å². The van der Waals surface area contributed by atoms with Crippen LogP contribution in [0.25, 0.3) is 0 Å². The molecule has 0 amide bonds. The van der Waals surface area contributed by atoms with Gasteiger partial charge in [0.1, 0.15) is 9.39 Å². The summed E-state index contributed by atoms with van der Waals surface area (Å²) in [5.74, 6) is 0.737. The molecule has 0 atom stereocenters. The Bertz CT molecular complexity index is 377. The number of hydrogen-bond acceptors (Lipinski definition) is 4. The standard InChI is InChI=1S/C9H15IN4O/c1-13(2)4-5-14(3)8-7(10)9(15)12-6-11-8/h6H,4-5H2,1-3H3,(H,11,12,15). The lowest BCUT2D eigenvalue weighted by atomic mass is 10.4. The van der Waals surface area contributed by atoms with Crippen LogP contribution < -0.4 is 10.5 Å². The molecule has 1 rings (SSSR count). The van der Waals surface area contributed by atoms with Crippen LogP contribution in [0.2, 0.25) is 0 Å². The van der Waals surface area contributed by atoms with Crippen LogP contribution in [-0.2, 0) is 0 Å². The predicted molar refractivity (Wildman–Crippen MR) is 69.4 cm³/mol. The van der Waals surface area contributed by atoms with Gasteiger partial charge < -0.3 is 14.8 Å². The molecule has 0 aliphatic heterocycles. The maximum Gasteiger partial charge on any atom is 0.266 e. The van der Waals surface area contributed by atoms with E-state index in [4.69, 9.17) is 0 Å². The highest BCUT2D eigenvalue weighted by molar-refractivity contribution is 14.1. The summed E-state index contributed by atoms with van der Waals surface area (Å²) in [4.78, 5) is 22.1. The third-order valence-electron chi connectivity index (χ3n) is 2.02. The number of nitrogens with one attached hydrogen (secondary N) is 1. The minimum Gasteiger partial charge on any atom is -0.357 e. The number of nitrogens with zero attached hydrogens (tertiary/aromatic N) is 3. The Kier molecular flexibility index (Phi) is 4.52. The number of aromatic nitrogens is 2. The number of halogens is 1. The lowest BCUT2D eigenvalue weighted by Gasteiger charge is -2.20. The van der Waals surface area contributed by atoms with Crippen molar-refractivity contribution in [3.63, 3.8) is 0 Å². The van der Waals surface area contributed by atoms with E-state index in [1.165, 1.54) is 6.33 Å². The van der Waals surface area contributed by atoms with Crippen molar-refractivity contribution in [2.45, 2.75) is 0 Å². The molecule has 0 saturated heterocycles. The van der Waals surface area contributed by atoms with Gasteiger partial charge in [0, 0.05) is 20.1 Å². The number of rotatable bonds is 4. The summed E-state index contributed by atoms with van der Waals surface area (Å²) in [6.45, 7) is 1.78. The van der Waals surface area contributed by atoms with Gasteiger partial charge in [0.15, 0.2) is 0 Å². The summed E-state index contributed by atoms with van der Waals surface area (Å²) in [6, 6.07) is 0. The highest BCUT2D eigenvalue weighted by Gasteiger charge is 2.09. The van der Waals surface area contributed by atoms with Crippen LogP contribution in [0.4, 0.5) is 5.82 Å². The van der Waals surface area contributed by atoms with Gasteiger partial charge in [-0.2, -0.15) is 0 Å². The van der Waals surface area contributed by atoms with Crippen LogP contribution >= 0.6 is 22.6 Å². The van der Waals surface area contributed by atoms with Crippen molar-refractivity contribution >= 4 is 28.4 Å². The SMILES string of the molecule is CN(C)CCN(C)c1nc[nH]c(=O)c1I. The monoisotopic (exact) mass is 322 g/mol. The lowest BCUT2D eigenvalue weighted by molar-refractivity contribution is 0.416. The molecule has 0 aliphatic rings. The summed E-state index contributed by atoms with van der Waals surface area (Å²) >= 11 is 2.02. The number of aromatic amines is 1. The molecule has 0 aromatic carbocycles. The van der Waals surface area contributed by atoms with Crippen LogP contribution in [0.3, 0.4) is 0 Å². The van der Waals surface area contributed by atoms with Gasteiger partial charge in [-0.1, -0.05) is 0 Å². The molecule has 5 nitrogen and oxygen atoms in total. The van der Waals surface area contributed by atoms with E-state index in [0.717, 1.165) is 18.9 Å². The average molecular weight is 322 g/mol. The number of hydrogen-bond donors (Lipinski definition) is 1. The van der Waals surface area contributed by atoms with Crippen LogP contribution in [-0.4, -0.2) is 49.1 Å². The van der Waals surface area contributed by atoms with Crippen LogP contribution in [0.5, 0.6) is 0 Å². The molecule has 6 heteroatoms. The summed E-state index contributed by atoms with van der Waals surface area (Å²) in [5, 5.41) is 0. The first-order valence-corrected chi connectivity index (χ1v) is 5.69. The molecule has 1 heterocycles. The van der Waals surface area contributed by atoms with E-state index in [2.05, 4.69) is 14.9 Å². The lowest BCUT2D eigenvalue weighted by Crippen LogP contribution is -2.31. The van der Waals surface area contributed by atoms with E-state index in [0.29, 0.717) is 3.57 Å². The molecule has 0 aliphatic carbocycles. The van der Waals surface area contributed by atoms with Crippen molar-refractivity contribution in [3.05, 3.63) is 20.3 Å². The van der Waals surface area contributed by atoms with Gasteiger partial charge in [-0.25, -0.2) is 4.98 Å². The van der Waals surface area contributed by atoms with Crippen molar-refractivity contribution < 1.29 is 0 Å². The van der Waals surface area contributed by atoms with Crippen LogP contribution in [0.1, 0.15) is 0 Å². The maximum atomic E-state index is 11.3. The highest BCUT2D eigenvalue weighted by atomic mass is 127. The van der Waals surface area contributed by atoms with Crippen molar-refractivity contribution in [1.82, 2.24) is 14.9 Å². The quantitative estimate of drug-likeness (QED) is 0.814. The zero-order valence-electron chi connectivity index (χ0n) is 9.12. The van der Waals surface area contributed by atoms with Gasteiger partial charge in [-0.15, -0.1) is 0 Å². The van der Waals surface area contributed by atoms with E-state index < -0.39 is 0 Å². The fraction of sp³-hybridized carbons (Fsp3) is 0.556. The van der Waals surface area contributed by atoms with Crippen molar-refractivity contribution in [3.8, 4) is 0 Å². The fourth-order valence-electron chi connectivity index (χ4n) is 1.10. The summed E-state index contributed by atoms with van der Waals surface area (Å²) in [6.07, 6.45) is 1.44. The van der Waals surface area contributed by atoms with Gasteiger partial charge in [0.25, 0.3) is 5.56 Å². The molecule has 0 fully saturated rings. The summed E-state index contributed by atoms with van der Waals surface area (Å²) < 4.78 is 0.636. The van der Waals surface area contributed by atoms with Crippen LogP contribution in [0, 0.1) is 3.57 Å². The molecule has 1 aromatic rings. The molecule has 84 valence electrons. The Morgan fingerprint density at radius 3 is 2.67 bits per heavy atom. The van der Waals surface area contributed by atoms with E-state index in [-0.39, 0.29) is 5.56 Å². The highest BCUT2D eigenvalue weighted by Crippen LogP contribution is 2.12. The number of H-pyrrole nitrogens is 1. The zero-order valence-corrected chi connectivity index (χ0v) is 11.3. The van der Waals surface area contributed by atoms with Crippen LogP contribution in [0.15, 0.2) is 11.1 Å². The third-order valence-corrected chi connectivity index (χ3v) is 2.99. The minimum atomic E-state index is -0.0858. The van der Waals surface area contributed by atoms with Gasteiger partial charge in [0.2, 0.25) is 0 Å². The molecule has 0 radical (unpaired) electrons. The van der Waals surface area contributed by atoms with Gasteiger partial charge in [-0.05, 0) is 36.7 Å². The van der Waals surface area contributed by atoms with Gasteiger partial charge in [0.05, 0.1) is 6.33 Å². The molecule has 15 heavy (non-hydrogen) atoms. The minimum absolute atomic E-state index is 0.0858. The topological polar surface area (TPSA) is 52.2 Å². The molecule has 1 N–H and O–H groups in total. The Labute approximate surface area is 103 Å². The first kappa shape index (κ1) is 12.4. The smallest absolute Gasteiger partial charge is 0.266 e. The largest absolute Gasteiger partial charge is 0.357 e. The van der Waals surface area contributed by atoms with E-state index in [1.807, 2.05) is 48.6 Å². The van der Waals surface area contributed by atoms with Crippen molar-refractivity contribution in [1.29, 1.82) is 0 Å². The molecular formula is C9H15IN4O. The molecule has 0 unspecified atom stereocenters. The molecular weight excluding hydrogens is 307 g/mol. The predicted octanol–water partition coefficient (Wildman–Crippen LogP) is 0.372. The summed E-state index contributed by atoms with van der Waals surface area (Å²) in [5.41, 5.74) is -0.0858. The van der Waals surface area contributed by atoms with Crippen molar-refractivity contribution in [2.24, 2.45) is 0 Å². The molecule has 0 bridgehead atoms. The van der Waals surface area contributed by atoms with E-state index in [9.17, 15) is 4.79 Å². The first-order chi connectivity index (χ1) is 7.02. The molecule has 0 spiro atoms. The number of anilines is 1. The maximum absolute atomic E-state index is 11.3. The zero-order chi connectivity index (χ0) is 11.4. The normalized spacial score (nSPS) is 10.7. The second kappa shape index (κ2) is 5.45. The van der Waals surface area contributed by atoms with E-state index in [1.54, 1.807) is 0 Å². The summed E-state index contributed by atoms with van der Waals surface area (Å²) in [7, 11) is 5.97. The Morgan fingerprint density at radius 2 is 2.07 bits per heavy atom. The molecule has 0 saturated carbocycles.